The molecule has 0 fully saturated rings. The summed E-state index contributed by atoms with van der Waals surface area (Å²) in [6, 6.07) is 0. The molecule has 1 N–H and O–H groups in total. The predicted octanol–water partition coefficient (Wildman–Crippen LogP) is 3.48. The zero-order valence-electron chi connectivity index (χ0n) is 9.54. The molecule has 5 heteroatoms. The Balaban J connectivity index is 2.89. The highest BCUT2D eigenvalue weighted by Crippen LogP contribution is 2.15. The van der Waals surface area contributed by atoms with E-state index in [9.17, 15) is 4.57 Å². The number of hydrogen-bond acceptors (Lipinski definition) is 3. The van der Waals surface area contributed by atoms with Crippen LogP contribution >= 0.6 is 20.0 Å². The molecule has 15 heavy (non-hydrogen) atoms. The zero-order valence-corrected chi connectivity index (χ0v) is 11.4. The molecule has 0 aliphatic rings. The first-order valence-electron chi connectivity index (χ1n) is 5.70. The van der Waals surface area contributed by atoms with Crippen molar-refractivity contribution in [3.8, 4) is 0 Å². The van der Waals surface area contributed by atoms with Gasteiger partial charge in [-0.15, -0.1) is 0 Å². The van der Waals surface area contributed by atoms with Crippen molar-refractivity contribution in [2.45, 2.75) is 45.4 Å². The van der Waals surface area contributed by atoms with Crippen LogP contribution in [-0.2, 0) is 9.09 Å². The van der Waals surface area contributed by atoms with Gasteiger partial charge < -0.3 is 9.42 Å². The Morgan fingerprint density at radius 1 is 1.13 bits per heavy atom. The lowest BCUT2D eigenvalue weighted by Crippen LogP contribution is -1.92. The number of unbranched alkanes of at least 4 members (excludes halogenated alkanes) is 5. The fraction of sp³-hybridized carbons (Fsp3) is 1.00. The zero-order chi connectivity index (χ0) is 11.4. The van der Waals surface area contributed by atoms with Gasteiger partial charge in [-0.2, -0.15) is 11.8 Å². The van der Waals surface area contributed by atoms with E-state index in [1.54, 1.807) is 11.8 Å². The monoisotopic (exact) mass is 254 g/mol. The highest BCUT2D eigenvalue weighted by Gasteiger charge is 1.94. The molecule has 0 radical (unpaired) electrons. The summed E-state index contributed by atoms with van der Waals surface area (Å²) in [5.41, 5.74) is 0. The minimum absolute atomic E-state index is 0.398. The van der Waals surface area contributed by atoms with Crippen LogP contribution in [0.15, 0.2) is 0 Å². The largest absolute Gasteiger partial charge is 0.326 e. The Morgan fingerprint density at radius 3 is 2.47 bits per heavy atom. The predicted molar refractivity (Wildman–Crippen MR) is 67.9 cm³/mol. The number of hydrogen-bond donors (Lipinski definition) is 1. The van der Waals surface area contributed by atoms with Crippen molar-refractivity contribution in [3.05, 3.63) is 0 Å². The lowest BCUT2D eigenvalue weighted by atomic mass is 10.1. The average molecular weight is 254 g/mol. The summed E-state index contributed by atoms with van der Waals surface area (Å²) in [6.45, 7) is 2.62. The molecule has 0 aromatic carbocycles. The van der Waals surface area contributed by atoms with Crippen LogP contribution in [0, 0.1) is 0 Å². The Hall–Kier alpha value is 0.500. The molecule has 0 spiro atoms. The molecule has 0 bridgehead atoms. The number of thioether (sulfide) groups is 1. The van der Waals surface area contributed by atoms with Crippen LogP contribution in [0.3, 0.4) is 0 Å². The van der Waals surface area contributed by atoms with Crippen LogP contribution in [0.2, 0.25) is 0 Å². The van der Waals surface area contributed by atoms with Gasteiger partial charge in [0.15, 0.2) is 0 Å². The van der Waals surface area contributed by atoms with Crippen LogP contribution < -0.4 is 0 Å². The first kappa shape index (κ1) is 15.5. The van der Waals surface area contributed by atoms with E-state index in [0.717, 1.165) is 11.5 Å². The van der Waals surface area contributed by atoms with Crippen LogP contribution in [0.5, 0.6) is 0 Å². The van der Waals surface area contributed by atoms with Crippen molar-refractivity contribution in [2.75, 3.05) is 18.1 Å². The minimum atomic E-state index is -2.71. The topological polar surface area (TPSA) is 46.5 Å². The van der Waals surface area contributed by atoms with Crippen molar-refractivity contribution in [1.82, 2.24) is 0 Å². The maximum atomic E-state index is 10.2. The Kier molecular flexibility index (Phi) is 13.0. The summed E-state index contributed by atoms with van der Waals surface area (Å²) in [5, 5.41) is 0. The molecule has 0 aromatic heterocycles. The summed E-state index contributed by atoms with van der Waals surface area (Å²) in [7, 11) is -2.71. The van der Waals surface area contributed by atoms with Crippen molar-refractivity contribution >= 4 is 20.0 Å². The van der Waals surface area contributed by atoms with Crippen molar-refractivity contribution in [2.24, 2.45) is 0 Å². The highest BCUT2D eigenvalue weighted by molar-refractivity contribution is 7.99. The fourth-order valence-corrected chi connectivity index (χ4v) is 2.51. The van der Waals surface area contributed by atoms with Gasteiger partial charge in [0.1, 0.15) is 0 Å². The molecule has 3 nitrogen and oxygen atoms in total. The van der Waals surface area contributed by atoms with Gasteiger partial charge in [0.2, 0.25) is 0 Å². The summed E-state index contributed by atoms with van der Waals surface area (Å²) in [6.07, 6.45) is 7.91. The third-order valence-corrected chi connectivity index (χ3v) is 3.58. The van der Waals surface area contributed by atoms with E-state index >= 15 is 0 Å². The van der Waals surface area contributed by atoms with E-state index in [0.29, 0.717) is 6.61 Å². The molecule has 0 aliphatic heterocycles. The third-order valence-electron chi connectivity index (χ3n) is 2.10. The van der Waals surface area contributed by atoms with E-state index < -0.39 is 8.25 Å². The molecule has 0 aromatic rings. The van der Waals surface area contributed by atoms with Gasteiger partial charge in [-0.05, 0) is 12.2 Å². The van der Waals surface area contributed by atoms with E-state index in [1.807, 2.05) is 0 Å². The second kappa shape index (κ2) is 12.6. The molecule has 1 atom stereocenters. The smallest absolute Gasteiger partial charge is 0.316 e. The summed E-state index contributed by atoms with van der Waals surface area (Å²) in [5.74, 6) is 1.97. The molecule has 0 saturated carbocycles. The second-order valence-electron chi connectivity index (χ2n) is 3.49. The summed E-state index contributed by atoms with van der Waals surface area (Å²) in [4.78, 5) is 8.39. The maximum absolute atomic E-state index is 10.2. The standard InChI is InChI=1S/C10H23O3PS/c1-2-3-4-5-6-7-9-15-10-8-13-14(11)12/h14H,2-10H2,1H3,(H,11,12). The lowest BCUT2D eigenvalue weighted by Gasteiger charge is -2.01. The SMILES string of the molecule is CCCCCCCCSCCO[PH](=O)O. The molecule has 0 saturated heterocycles. The molecule has 0 rings (SSSR count). The molecular formula is C10H23O3PS. The Labute approximate surface area is 97.9 Å². The summed E-state index contributed by atoms with van der Waals surface area (Å²) >= 11 is 1.80. The van der Waals surface area contributed by atoms with Gasteiger partial charge in [0, 0.05) is 5.75 Å². The fourth-order valence-electron chi connectivity index (χ4n) is 1.27. The van der Waals surface area contributed by atoms with E-state index in [2.05, 4.69) is 11.4 Å². The van der Waals surface area contributed by atoms with Crippen LogP contribution in [0.25, 0.3) is 0 Å². The van der Waals surface area contributed by atoms with Gasteiger partial charge in [0.25, 0.3) is 0 Å². The molecule has 1 unspecified atom stereocenters. The van der Waals surface area contributed by atoms with Crippen molar-refractivity contribution in [3.63, 3.8) is 0 Å². The van der Waals surface area contributed by atoms with Gasteiger partial charge in [-0.3, -0.25) is 4.57 Å². The molecule has 0 heterocycles. The highest BCUT2D eigenvalue weighted by atomic mass is 32.2. The molecule has 0 amide bonds. The quantitative estimate of drug-likeness (QED) is 0.453. The van der Waals surface area contributed by atoms with Gasteiger partial charge >= 0.3 is 8.25 Å². The van der Waals surface area contributed by atoms with Crippen LogP contribution in [-0.4, -0.2) is 23.0 Å². The normalized spacial score (nSPS) is 12.9. The Bertz CT molecular complexity index is 156. The van der Waals surface area contributed by atoms with Gasteiger partial charge in [-0.1, -0.05) is 39.0 Å². The molecule has 92 valence electrons. The minimum Gasteiger partial charge on any atom is -0.326 e. The first-order valence-corrected chi connectivity index (χ1v) is 8.12. The maximum Gasteiger partial charge on any atom is 0.316 e. The third kappa shape index (κ3) is 14.5. The first-order chi connectivity index (χ1) is 7.27. The Morgan fingerprint density at radius 2 is 1.80 bits per heavy atom. The van der Waals surface area contributed by atoms with Gasteiger partial charge in [-0.25, -0.2) is 0 Å². The molecular weight excluding hydrogens is 231 g/mol. The van der Waals surface area contributed by atoms with Crippen molar-refractivity contribution in [1.29, 1.82) is 0 Å². The lowest BCUT2D eigenvalue weighted by molar-refractivity contribution is 0.300. The molecule has 0 aliphatic carbocycles. The van der Waals surface area contributed by atoms with Crippen LogP contribution in [0.1, 0.15) is 45.4 Å². The van der Waals surface area contributed by atoms with Gasteiger partial charge in [0.05, 0.1) is 6.61 Å². The van der Waals surface area contributed by atoms with Crippen molar-refractivity contribution < 1.29 is 14.0 Å². The van der Waals surface area contributed by atoms with E-state index in [4.69, 9.17) is 4.89 Å². The summed E-state index contributed by atoms with van der Waals surface area (Å²) < 4.78 is 14.8. The number of rotatable bonds is 11. The van der Waals surface area contributed by atoms with Crippen LogP contribution in [0.4, 0.5) is 0 Å². The van der Waals surface area contributed by atoms with E-state index in [-0.39, 0.29) is 0 Å². The van der Waals surface area contributed by atoms with E-state index in [1.165, 1.54) is 38.5 Å². The second-order valence-corrected chi connectivity index (χ2v) is 5.54. The average Bonchev–Trinajstić information content (AvgIpc) is 2.20.